The first-order valence-corrected chi connectivity index (χ1v) is 12.6. The first-order valence-electron chi connectivity index (χ1n) is 10.2. The van der Waals surface area contributed by atoms with Gasteiger partial charge in [-0.1, -0.05) is 79.7 Å². The minimum Gasteiger partial charge on any atom is -0.471 e. The molecular formula is C21H42BO2P. The molecule has 0 saturated heterocycles. The highest BCUT2D eigenvalue weighted by atomic mass is 31.2. The van der Waals surface area contributed by atoms with Crippen molar-refractivity contribution >= 4 is 20.1 Å². The number of hydrogen-bond donors (Lipinski definition) is 0. The summed E-state index contributed by atoms with van der Waals surface area (Å²) in [6, 6.07) is 0. The molecule has 2 radical (unpaired) electrons. The van der Waals surface area contributed by atoms with E-state index in [0.29, 0.717) is 0 Å². The number of carbonyl (C=O) groups excluding carboxylic acids is 1. The SMILES string of the molecule is CCCC[P+]([B-]C(/C=C/C(C)(C)C)C(=O)OC)(CCCC)CCCC. The Labute approximate surface area is 159 Å². The van der Waals surface area contributed by atoms with Gasteiger partial charge in [0.2, 0.25) is 0 Å². The first-order chi connectivity index (χ1) is 11.7. The highest BCUT2D eigenvalue weighted by Gasteiger charge is 2.28. The topological polar surface area (TPSA) is 26.3 Å². The second-order valence-electron chi connectivity index (χ2n) is 8.37. The van der Waals surface area contributed by atoms with Crippen molar-refractivity contribution in [2.24, 2.45) is 5.41 Å². The molecule has 146 valence electrons. The van der Waals surface area contributed by atoms with Crippen molar-refractivity contribution in [1.29, 1.82) is 0 Å². The van der Waals surface area contributed by atoms with Crippen molar-refractivity contribution in [3.63, 3.8) is 0 Å². The molecule has 25 heavy (non-hydrogen) atoms. The van der Waals surface area contributed by atoms with E-state index in [0.717, 1.165) is 0 Å². The Kier molecular flexibility index (Phi) is 12.8. The van der Waals surface area contributed by atoms with Gasteiger partial charge >= 0.3 is 0 Å². The molecule has 0 aromatic rings. The molecule has 1 atom stereocenters. The summed E-state index contributed by atoms with van der Waals surface area (Å²) in [5.41, 5.74) is 0.0808. The molecular weight excluding hydrogens is 326 g/mol. The predicted molar refractivity (Wildman–Crippen MR) is 116 cm³/mol. The van der Waals surface area contributed by atoms with Crippen molar-refractivity contribution in [2.75, 3.05) is 25.6 Å². The summed E-state index contributed by atoms with van der Waals surface area (Å²) in [6.45, 7) is 15.8. The van der Waals surface area contributed by atoms with Gasteiger partial charge in [-0.25, -0.2) is 7.14 Å². The van der Waals surface area contributed by atoms with Crippen LogP contribution in [0.2, 0.25) is 5.82 Å². The Bertz CT molecular complexity index is 366. The highest BCUT2D eigenvalue weighted by molar-refractivity contribution is 8.00. The smallest absolute Gasteiger partial charge is 0.274 e. The van der Waals surface area contributed by atoms with Gasteiger partial charge in [-0.05, 0) is 24.7 Å². The maximum Gasteiger partial charge on any atom is 0.274 e. The summed E-state index contributed by atoms with van der Waals surface area (Å²) < 4.78 is 5.13. The average Bonchev–Trinajstić information content (AvgIpc) is 2.58. The molecule has 0 N–H and O–H groups in total. The molecule has 0 aliphatic carbocycles. The summed E-state index contributed by atoms with van der Waals surface area (Å²) in [7, 11) is 0.284. The van der Waals surface area contributed by atoms with Gasteiger partial charge < -0.3 is 4.74 Å². The molecule has 0 aromatic carbocycles. The lowest BCUT2D eigenvalue weighted by Gasteiger charge is -2.42. The van der Waals surface area contributed by atoms with E-state index in [-0.39, 0.29) is 17.2 Å². The molecule has 0 heterocycles. The monoisotopic (exact) mass is 368 g/mol. The fraction of sp³-hybridized carbons (Fsp3) is 0.857. The number of esters is 1. The fourth-order valence-corrected chi connectivity index (χ4v) is 7.89. The van der Waals surface area contributed by atoms with Crippen molar-refractivity contribution < 1.29 is 9.53 Å². The van der Waals surface area contributed by atoms with Gasteiger partial charge in [0.25, 0.3) is 5.97 Å². The standard InChI is InChI=1S/C21H42BO2P/c1-8-11-16-25(17-12-9-2,18-13-10-3)22-19(20(23)24-7)14-15-21(4,5)6/h14-15,19H,8-13,16-18H2,1-7H3/b15-14+. The molecule has 0 aromatic heterocycles. The molecule has 0 saturated carbocycles. The quantitative estimate of drug-likeness (QED) is 0.159. The van der Waals surface area contributed by atoms with E-state index >= 15 is 0 Å². The van der Waals surface area contributed by atoms with Crippen LogP contribution in [0, 0.1) is 5.41 Å². The number of allylic oxidation sites excluding steroid dienone is 1. The minimum absolute atomic E-state index is 0.0808. The lowest BCUT2D eigenvalue weighted by Crippen LogP contribution is -2.23. The molecule has 2 nitrogen and oxygen atoms in total. The molecule has 1 unspecified atom stereocenters. The van der Waals surface area contributed by atoms with Gasteiger partial charge in [-0.15, -0.1) is 6.08 Å². The summed E-state index contributed by atoms with van der Waals surface area (Å²) >= 11 is 0. The van der Waals surface area contributed by atoms with Gasteiger partial charge in [-0.2, -0.15) is 0 Å². The van der Waals surface area contributed by atoms with Crippen LogP contribution in [0.5, 0.6) is 0 Å². The van der Waals surface area contributed by atoms with Crippen LogP contribution in [0.1, 0.15) is 80.1 Å². The van der Waals surface area contributed by atoms with Gasteiger partial charge in [0.05, 0.1) is 7.11 Å². The summed E-state index contributed by atoms with van der Waals surface area (Å²) in [5, 5.41) is 0. The molecule has 4 heteroatoms. The maximum atomic E-state index is 12.4. The Morgan fingerprint density at radius 2 is 1.44 bits per heavy atom. The van der Waals surface area contributed by atoms with E-state index in [1.54, 1.807) is 0 Å². The fourth-order valence-electron chi connectivity index (χ4n) is 3.04. The zero-order chi connectivity index (χ0) is 19.3. The van der Waals surface area contributed by atoms with Crippen LogP contribution in [0.15, 0.2) is 12.2 Å². The van der Waals surface area contributed by atoms with E-state index in [1.165, 1.54) is 64.1 Å². The van der Waals surface area contributed by atoms with Crippen LogP contribution >= 0.6 is 7.14 Å². The van der Waals surface area contributed by atoms with Crippen LogP contribution in [0.4, 0.5) is 0 Å². The number of hydrogen-bond acceptors (Lipinski definition) is 2. The van der Waals surface area contributed by atoms with Crippen LogP contribution in [0.25, 0.3) is 0 Å². The summed E-state index contributed by atoms with van der Waals surface area (Å²) in [4.78, 5) is 12.4. The highest BCUT2D eigenvalue weighted by Crippen LogP contribution is 2.61. The number of rotatable bonds is 13. The van der Waals surface area contributed by atoms with E-state index in [2.05, 4.69) is 60.7 Å². The van der Waals surface area contributed by atoms with Crippen LogP contribution in [0.3, 0.4) is 0 Å². The first kappa shape index (κ1) is 24.7. The molecule has 0 bridgehead atoms. The van der Waals surface area contributed by atoms with Crippen molar-refractivity contribution in [2.45, 2.75) is 85.9 Å². The van der Waals surface area contributed by atoms with E-state index in [4.69, 9.17) is 4.74 Å². The lowest BCUT2D eigenvalue weighted by molar-refractivity contribution is -0.139. The maximum absolute atomic E-state index is 12.4. The van der Waals surface area contributed by atoms with E-state index < -0.39 is 7.14 Å². The van der Waals surface area contributed by atoms with Gasteiger partial charge in [0.15, 0.2) is 0 Å². The van der Waals surface area contributed by atoms with Crippen molar-refractivity contribution in [1.82, 2.24) is 0 Å². The van der Waals surface area contributed by atoms with Crippen LogP contribution in [-0.2, 0) is 9.53 Å². The second-order valence-corrected chi connectivity index (χ2v) is 12.5. The van der Waals surface area contributed by atoms with Crippen molar-refractivity contribution in [3.8, 4) is 0 Å². The summed E-state index contributed by atoms with van der Waals surface area (Å²) in [6.07, 6.45) is 15.6. The van der Waals surface area contributed by atoms with Gasteiger partial charge in [0.1, 0.15) is 0 Å². The van der Waals surface area contributed by atoms with Crippen molar-refractivity contribution in [3.05, 3.63) is 12.2 Å². The number of methoxy groups -OCH3 is 1. The largest absolute Gasteiger partial charge is 0.471 e. The Morgan fingerprint density at radius 1 is 1.00 bits per heavy atom. The summed E-state index contributed by atoms with van der Waals surface area (Å²) in [5.74, 6) is -0.294. The van der Waals surface area contributed by atoms with Gasteiger partial charge in [-0.3, -0.25) is 4.79 Å². The zero-order valence-corrected chi connectivity index (χ0v) is 18.8. The van der Waals surface area contributed by atoms with E-state index in [9.17, 15) is 4.79 Å². The molecule has 0 spiro atoms. The third-order valence-electron chi connectivity index (χ3n) is 4.62. The Balaban J connectivity index is 5.50. The van der Waals surface area contributed by atoms with Crippen LogP contribution in [-0.4, -0.2) is 38.6 Å². The molecule has 0 amide bonds. The average molecular weight is 368 g/mol. The third-order valence-corrected chi connectivity index (χ3v) is 9.20. The molecule has 0 aliphatic heterocycles. The molecule has 0 fully saturated rings. The normalized spacial score (nSPS) is 14.0. The Morgan fingerprint density at radius 3 is 1.76 bits per heavy atom. The number of ether oxygens (including phenoxy) is 1. The zero-order valence-electron chi connectivity index (χ0n) is 17.9. The number of unbranched alkanes of at least 4 members (excludes halogenated alkanes) is 3. The lowest BCUT2D eigenvalue weighted by atomic mass is 9.83. The Hall–Kier alpha value is -0.295. The number of carbonyl (C=O) groups is 1. The third kappa shape index (κ3) is 11.1. The van der Waals surface area contributed by atoms with E-state index in [1.807, 2.05) is 0 Å². The predicted octanol–water partition coefficient (Wildman–Crippen LogP) is 6.59. The minimum atomic E-state index is -1.23. The molecule has 0 aliphatic rings. The molecule has 0 rings (SSSR count). The van der Waals surface area contributed by atoms with Gasteiger partial charge in [0, 0.05) is 18.5 Å². The van der Waals surface area contributed by atoms with Crippen LogP contribution < -0.4 is 0 Å². The second kappa shape index (κ2) is 13.0.